The van der Waals surface area contributed by atoms with Crippen LogP contribution in [0.25, 0.3) is 0 Å². The van der Waals surface area contributed by atoms with Gasteiger partial charge in [0.25, 0.3) is 11.8 Å². The van der Waals surface area contributed by atoms with Crippen molar-refractivity contribution in [3.63, 3.8) is 0 Å². The number of nitrogens with one attached hydrogen (secondary N) is 1. The second-order valence-electron chi connectivity index (χ2n) is 5.42. The Bertz CT molecular complexity index is 740. The highest BCUT2D eigenvalue weighted by atomic mass is 19.1. The summed E-state index contributed by atoms with van der Waals surface area (Å²) in [6, 6.07) is 12.3. The third-order valence-electron chi connectivity index (χ3n) is 3.81. The second kappa shape index (κ2) is 7.23. The molecule has 0 saturated carbocycles. The number of nitrogens with zero attached hydrogens (tertiary/aromatic N) is 1. The standard InChI is InChI=1S/C18H17FN2O3/c19-16-4-2-1-3-15(16)17(22)20-14-7-5-13(6-8-14)18(23)21-9-11-24-12-10-21/h1-8H,9-12H2,(H,20,22). The quantitative estimate of drug-likeness (QED) is 0.942. The minimum Gasteiger partial charge on any atom is -0.378 e. The molecule has 2 amide bonds. The van der Waals surface area contributed by atoms with E-state index in [4.69, 9.17) is 4.74 Å². The van der Waals surface area contributed by atoms with Crippen LogP contribution in [0.3, 0.4) is 0 Å². The number of carbonyl (C=O) groups is 2. The largest absolute Gasteiger partial charge is 0.378 e. The van der Waals surface area contributed by atoms with Crippen LogP contribution in [0.4, 0.5) is 10.1 Å². The average Bonchev–Trinajstić information content (AvgIpc) is 2.63. The number of morpholine rings is 1. The molecular formula is C18H17FN2O3. The number of hydrogen-bond acceptors (Lipinski definition) is 3. The molecule has 1 aliphatic rings. The Morgan fingerprint density at radius 1 is 1.00 bits per heavy atom. The number of anilines is 1. The molecule has 0 spiro atoms. The van der Waals surface area contributed by atoms with Crippen LogP contribution in [0.1, 0.15) is 20.7 Å². The molecular weight excluding hydrogens is 311 g/mol. The molecule has 5 nitrogen and oxygen atoms in total. The van der Waals surface area contributed by atoms with Crippen molar-refractivity contribution in [2.45, 2.75) is 0 Å². The van der Waals surface area contributed by atoms with Crippen molar-refractivity contribution in [2.24, 2.45) is 0 Å². The molecule has 1 saturated heterocycles. The lowest BCUT2D eigenvalue weighted by Gasteiger charge is -2.26. The summed E-state index contributed by atoms with van der Waals surface area (Å²) in [6.45, 7) is 2.24. The molecule has 3 rings (SSSR count). The lowest BCUT2D eigenvalue weighted by atomic mass is 10.1. The van der Waals surface area contributed by atoms with Crippen molar-refractivity contribution in [1.82, 2.24) is 4.90 Å². The molecule has 2 aromatic rings. The molecule has 2 aromatic carbocycles. The monoisotopic (exact) mass is 328 g/mol. The number of amides is 2. The van der Waals surface area contributed by atoms with Crippen molar-refractivity contribution in [2.75, 3.05) is 31.6 Å². The Hall–Kier alpha value is -2.73. The summed E-state index contributed by atoms with van der Waals surface area (Å²) >= 11 is 0. The lowest BCUT2D eigenvalue weighted by molar-refractivity contribution is 0.0303. The summed E-state index contributed by atoms with van der Waals surface area (Å²) in [6.07, 6.45) is 0. The molecule has 0 bridgehead atoms. The van der Waals surface area contributed by atoms with Crippen LogP contribution in [-0.4, -0.2) is 43.0 Å². The number of halogens is 1. The number of ether oxygens (including phenoxy) is 1. The number of hydrogen-bond donors (Lipinski definition) is 1. The molecule has 0 aliphatic carbocycles. The number of benzene rings is 2. The van der Waals surface area contributed by atoms with E-state index >= 15 is 0 Å². The zero-order valence-corrected chi connectivity index (χ0v) is 13.0. The van der Waals surface area contributed by atoms with Gasteiger partial charge >= 0.3 is 0 Å². The number of carbonyl (C=O) groups excluding carboxylic acids is 2. The van der Waals surface area contributed by atoms with Gasteiger partial charge in [-0.15, -0.1) is 0 Å². The van der Waals surface area contributed by atoms with E-state index in [9.17, 15) is 14.0 Å². The van der Waals surface area contributed by atoms with Gasteiger partial charge in [0, 0.05) is 24.3 Å². The normalized spacial score (nSPS) is 14.3. The summed E-state index contributed by atoms with van der Waals surface area (Å²) in [5.41, 5.74) is 1.02. The zero-order chi connectivity index (χ0) is 16.9. The predicted octanol–water partition coefficient (Wildman–Crippen LogP) is 2.55. The third-order valence-corrected chi connectivity index (χ3v) is 3.81. The van der Waals surface area contributed by atoms with Gasteiger partial charge in [-0.25, -0.2) is 4.39 Å². The van der Waals surface area contributed by atoms with Gasteiger partial charge in [0.1, 0.15) is 5.82 Å². The Kier molecular flexibility index (Phi) is 4.86. The predicted molar refractivity (Wildman–Crippen MR) is 87.5 cm³/mol. The van der Waals surface area contributed by atoms with Crippen LogP contribution in [0.2, 0.25) is 0 Å². The van der Waals surface area contributed by atoms with E-state index < -0.39 is 11.7 Å². The fourth-order valence-electron chi connectivity index (χ4n) is 2.49. The van der Waals surface area contributed by atoms with Crippen LogP contribution < -0.4 is 5.32 Å². The molecule has 6 heteroatoms. The molecule has 1 fully saturated rings. The van der Waals surface area contributed by atoms with E-state index in [0.29, 0.717) is 37.6 Å². The van der Waals surface area contributed by atoms with Gasteiger partial charge in [-0.3, -0.25) is 9.59 Å². The fourth-order valence-corrected chi connectivity index (χ4v) is 2.49. The molecule has 1 aliphatic heterocycles. The van der Waals surface area contributed by atoms with E-state index in [1.54, 1.807) is 35.2 Å². The van der Waals surface area contributed by atoms with Crippen molar-refractivity contribution >= 4 is 17.5 Å². The molecule has 124 valence electrons. The topological polar surface area (TPSA) is 58.6 Å². The van der Waals surface area contributed by atoms with E-state index in [2.05, 4.69) is 5.32 Å². The van der Waals surface area contributed by atoms with E-state index in [-0.39, 0.29) is 11.5 Å². The van der Waals surface area contributed by atoms with Crippen LogP contribution in [0.15, 0.2) is 48.5 Å². The van der Waals surface area contributed by atoms with Crippen molar-refractivity contribution < 1.29 is 18.7 Å². The Labute approximate surface area is 139 Å². The SMILES string of the molecule is O=C(Nc1ccc(C(=O)N2CCOCC2)cc1)c1ccccc1F. The third kappa shape index (κ3) is 3.60. The van der Waals surface area contributed by atoms with Crippen molar-refractivity contribution in [1.29, 1.82) is 0 Å². The smallest absolute Gasteiger partial charge is 0.258 e. The van der Waals surface area contributed by atoms with E-state index in [1.807, 2.05) is 0 Å². The molecule has 0 aromatic heterocycles. The summed E-state index contributed by atoms with van der Waals surface area (Å²) in [5, 5.41) is 2.62. The highest BCUT2D eigenvalue weighted by Crippen LogP contribution is 2.15. The summed E-state index contributed by atoms with van der Waals surface area (Å²) in [7, 11) is 0. The number of rotatable bonds is 3. The lowest BCUT2D eigenvalue weighted by Crippen LogP contribution is -2.40. The first-order valence-corrected chi connectivity index (χ1v) is 7.68. The van der Waals surface area contributed by atoms with Gasteiger partial charge in [0.2, 0.25) is 0 Å². The molecule has 1 N–H and O–H groups in total. The summed E-state index contributed by atoms with van der Waals surface area (Å²) in [4.78, 5) is 26.1. The van der Waals surface area contributed by atoms with Gasteiger partial charge in [-0.1, -0.05) is 12.1 Å². The molecule has 0 atom stereocenters. The van der Waals surface area contributed by atoms with Crippen LogP contribution in [-0.2, 0) is 4.74 Å². The van der Waals surface area contributed by atoms with Crippen LogP contribution in [0, 0.1) is 5.82 Å². The summed E-state index contributed by atoms with van der Waals surface area (Å²) in [5.74, 6) is -1.17. The molecule has 0 radical (unpaired) electrons. The fraction of sp³-hybridized carbons (Fsp3) is 0.222. The first-order chi connectivity index (χ1) is 11.6. The molecule has 24 heavy (non-hydrogen) atoms. The van der Waals surface area contributed by atoms with Gasteiger partial charge < -0.3 is 15.0 Å². The maximum atomic E-state index is 13.6. The average molecular weight is 328 g/mol. The zero-order valence-electron chi connectivity index (χ0n) is 13.0. The maximum absolute atomic E-state index is 13.6. The van der Waals surface area contributed by atoms with Crippen molar-refractivity contribution in [3.05, 3.63) is 65.5 Å². The van der Waals surface area contributed by atoms with Crippen molar-refractivity contribution in [3.8, 4) is 0 Å². The second-order valence-corrected chi connectivity index (χ2v) is 5.42. The highest BCUT2D eigenvalue weighted by molar-refractivity contribution is 6.04. The Morgan fingerprint density at radius 2 is 1.67 bits per heavy atom. The van der Waals surface area contributed by atoms with Crippen LogP contribution >= 0.6 is 0 Å². The van der Waals surface area contributed by atoms with Gasteiger partial charge in [0.05, 0.1) is 18.8 Å². The van der Waals surface area contributed by atoms with Crippen LogP contribution in [0.5, 0.6) is 0 Å². The first kappa shape index (κ1) is 16.1. The van der Waals surface area contributed by atoms with Gasteiger partial charge in [-0.05, 0) is 36.4 Å². The van der Waals surface area contributed by atoms with E-state index in [0.717, 1.165) is 0 Å². The Morgan fingerprint density at radius 3 is 2.33 bits per heavy atom. The minimum absolute atomic E-state index is 0.0223. The van der Waals surface area contributed by atoms with E-state index in [1.165, 1.54) is 18.2 Å². The molecule has 0 unspecified atom stereocenters. The first-order valence-electron chi connectivity index (χ1n) is 7.68. The molecule has 1 heterocycles. The Balaban J connectivity index is 1.67. The maximum Gasteiger partial charge on any atom is 0.258 e. The van der Waals surface area contributed by atoms with Gasteiger partial charge in [-0.2, -0.15) is 0 Å². The minimum atomic E-state index is -0.575. The summed E-state index contributed by atoms with van der Waals surface area (Å²) < 4.78 is 18.8. The van der Waals surface area contributed by atoms with Gasteiger partial charge in [0.15, 0.2) is 0 Å². The highest BCUT2D eigenvalue weighted by Gasteiger charge is 2.18.